The van der Waals surface area contributed by atoms with Gasteiger partial charge in [0.15, 0.2) is 6.10 Å². The molecule has 0 saturated carbocycles. The zero-order chi connectivity index (χ0) is 17.5. The van der Waals surface area contributed by atoms with E-state index in [-0.39, 0.29) is 11.9 Å². The maximum Gasteiger partial charge on any atom is 0.261 e. The van der Waals surface area contributed by atoms with Crippen molar-refractivity contribution in [3.05, 3.63) is 58.6 Å². The predicted octanol–water partition coefficient (Wildman–Crippen LogP) is 4.49. The number of amides is 1. The molecular weight excluding hydrogens is 370 g/mol. The number of carbonyl (C=O) groups is 1. The van der Waals surface area contributed by atoms with Gasteiger partial charge in [0.05, 0.1) is 13.2 Å². The molecule has 5 heteroatoms. The zero-order valence-corrected chi connectivity index (χ0v) is 15.7. The highest BCUT2D eigenvalue weighted by Gasteiger charge is 2.19. The highest BCUT2D eigenvalue weighted by molar-refractivity contribution is 9.10. The quantitative estimate of drug-likeness (QED) is 0.755. The molecule has 2 aromatic rings. The molecule has 4 nitrogen and oxygen atoms in total. The molecule has 0 radical (unpaired) electrons. The Balaban J connectivity index is 1.98. The number of carbonyl (C=O) groups excluding carboxylic acids is 1. The van der Waals surface area contributed by atoms with Crippen molar-refractivity contribution < 1.29 is 14.3 Å². The number of hydrogen-bond donors (Lipinski definition) is 1. The predicted molar refractivity (Wildman–Crippen MR) is 98.4 cm³/mol. The number of benzene rings is 2. The van der Waals surface area contributed by atoms with E-state index in [4.69, 9.17) is 9.47 Å². The third-order valence-corrected chi connectivity index (χ3v) is 4.27. The van der Waals surface area contributed by atoms with Crippen molar-refractivity contribution in [2.24, 2.45) is 0 Å². The lowest BCUT2D eigenvalue weighted by Crippen LogP contribution is -2.38. The number of methoxy groups -OCH3 is 1. The van der Waals surface area contributed by atoms with Crippen LogP contribution in [0.3, 0.4) is 0 Å². The molecule has 0 bridgehead atoms. The van der Waals surface area contributed by atoms with Crippen molar-refractivity contribution in [3.63, 3.8) is 0 Å². The minimum atomic E-state index is -0.571. The molecular formula is C19H22BrNO3. The second kappa shape index (κ2) is 8.73. The lowest BCUT2D eigenvalue weighted by atomic mass is 10.0. The van der Waals surface area contributed by atoms with Gasteiger partial charge in [-0.15, -0.1) is 0 Å². The molecule has 1 amide bonds. The summed E-state index contributed by atoms with van der Waals surface area (Å²) in [6.07, 6.45) is 0.224. The van der Waals surface area contributed by atoms with Gasteiger partial charge in [0, 0.05) is 4.47 Å². The number of nitrogens with one attached hydrogen (secondary N) is 1. The van der Waals surface area contributed by atoms with Crippen LogP contribution in [0.1, 0.15) is 31.9 Å². The lowest BCUT2D eigenvalue weighted by Gasteiger charge is -2.21. The van der Waals surface area contributed by atoms with Gasteiger partial charge in [-0.05, 0) is 55.3 Å². The van der Waals surface area contributed by atoms with Gasteiger partial charge >= 0.3 is 0 Å². The van der Waals surface area contributed by atoms with E-state index in [0.29, 0.717) is 5.75 Å². The lowest BCUT2D eigenvalue weighted by molar-refractivity contribution is -0.128. The minimum absolute atomic E-state index is 0.0561. The monoisotopic (exact) mass is 391 g/mol. The molecule has 0 aromatic heterocycles. The summed E-state index contributed by atoms with van der Waals surface area (Å²) in [6.45, 7) is 3.79. The first kappa shape index (κ1) is 18.3. The molecule has 2 rings (SSSR count). The topological polar surface area (TPSA) is 47.6 Å². The van der Waals surface area contributed by atoms with E-state index >= 15 is 0 Å². The van der Waals surface area contributed by atoms with Crippen LogP contribution in [0.5, 0.6) is 11.5 Å². The Bertz CT molecular complexity index is 655. The van der Waals surface area contributed by atoms with Gasteiger partial charge in [0.25, 0.3) is 5.91 Å². The summed E-state index contributed by atoms with van der Waals surface area (Å²) in [5.74, 6) is 1.32. The Kier molecular flexibility index (Phi) is 6.67. The van der Waals surface area contributed by atoms with Crippen molar-refractivity contribution in [1.29, 1.82) is 0 Å². The fraction of sp³-hybridized carbons (Fsp3) is 0.316. The molecule has 1 N–H and O–H groups in total. The summed E-state index contributed by atoms with van der Waals surface area (Å²) < 4.78 is 11.8. The Hall–Kier alpha value is -2.01. The summed E-state index contributed by atoms with van der Waals surface area (Å²) in [5, 5.41) is 3.04. The molecule has 0 heterocycles. The van der Waals surface area contributed by atoms with Gasteiger partial charge < -0.3 is 14.8 Å². The van der Waals surface area contributed by atoms with E-state index in [1.165, 1.54) is 0 Å². The SMILES string of the molecule is CC[C@H](NC(=O)[C@H](C)Oc1ccc(Br)cc1)c1ccc(OC)cc1. The summed E-state index contributed by atoms with van der Waals surface area (Å²) in [6, 6.07) is 15.1. The molecule has 0 aliphatic carbocycles. The maximum absolute atomic E-state index is 12.4. The first-order valence-corrected chi connectivity index (χ1v) is 8.69. The van der Waals surface area contributed by atoms with Crippen LogP contribution in [0.15, 0.2) is 53.0 Å². The molecule has 0 aliphatic rings. The highest BCUT2D eigenvalue weighted by atomic mass is 79.9. The summed E-state index contributed by atoms with van der Waals surface area (Å²) >= 11 is 3.37. The number of halogens is 1. The van der Waals surface area contributed by atoms with Crippen molar-refractivity contribution >= 4 is 21.8 Å². The Morgan fingerprint density at radius 1 is 1.08 bits per heavy atom. The third-order valence-electron chi connectivity index (χ3n) is 3.74. The van der Waals surface area contributed by atoms with Crippen LogP contribution in [-0.4, -0.2) is 19.1 Å². The van der Waals surface area contributed by atoms with E-state index in [1.807, 2.05) is 55.5 Å². The number of hydrogen-bond acceptors (Lipinski definition) is 3. The van der Waals surface area contributed by atoms with E-state index in [2.05, 4.69) is 21.2 Å². The minimum Gasteiger partial charge on any atom is -0.497 e. The van der Waals surface area contributed by atoms with Crippen LogP contribution in [0.2, 0.25) is 0 Å². The van der Waals surface area contributed by atoms with E-state index in [1.54, 1.807) is 14.0 Å². The van der Waals surface area contributed by atoms with Gasteiger partial charge in [-0.1, -0.05) is 35.0 Å². The molecule has 128 valence electrons. The molecule has 2 aromatic carbocycles. The Morgan fingerprint density at radius 3 is 2.21 bits per heavy atom. The molecule has 0 unspecified atom stereocenters. The standard InChI is InChI=1S/C19H22BrNO3/c1-4-18(14-5-9-16(23-3)10-6-14)21-19(22)13(2)24-17-11-7-15(20)8-12-17/h5-13,18H,4H2,1-3H3,(H,21,22)/t13-,18-/m0/s1. The average molecular weight is 392 g/mol. The Labute approximate surface area is 151 Å². The molecule has 0 saturated heterocycles. The average Bonchev–Trinajstić information content (AvgIpc) is 2.61. The third kappa shape index (κ3) is 4.99. The van der Waals surface area contributed by atoms with Crippen LogP contribution in [0.4, 0.5) is 0 Å². The van der Waals surface area contributed by atoms with Crippen molar-refractivity contribution in [1.82, 2.24) is 5.32 Å². The number of ether oxygens (including phenoxy) is 2. The molecule has 0 aliphatic heterocycles. The first-order valence-electron chi connectivity index (χ1n) is 7.90. The van der Waals surface area contributed by atoms with Gasteiger partial charge in [0.1, 0.15) is 11.5 Å². The normalized spacial score (nSPS) is 13.0. The van der Waals surface area contributed by atoms with Gasteiger partial charge in [-0.3, -0.25) is 4.79 Å². The molecule has 24 heavy (non-hydrogen) atoms. The first-order chi connectivity index (χ1) is 11.5. The zero-order valence-electron chi connectivity index (χ0n) is 14.1. The van der Waals surface area contributed by atoms with Crippen molar-refractivity contribution in [2.75, 3.05) is 7.11 Å². The van der Waals surface area contributed by atoms with Gasteiger partial charge in [0.2, 0.25) is 0 Å². The highest BCUT2D eigenvalue weighted by Crippen LogP contribution is 2.21. The van der Waals surface area contributed by atoms with Crippen LogP contribution >= 0.6 is 15.9 Å². The molecule has 2 atom stereocenters. The van der Waals surface area contributed by atoms with Crippen LogP contribution in [-0.2, 0) is 4.79 Å². The van der Waals surface area contributed by atoms with Crippen LogP contribution in [0.25, 0.3) is 0 Å². The molecule has 0 fully saturated rings. The van der Waals surface area contributed by atoms with Gasteiger partial charge in [-0.25, -0.2) is 0 Å². The van der Waals surface area contributed by atoms with Crippen LogP contribution < -0.4 is 14.8 Å². The van der Waals surface area contributed by atoms with Crippen molar-refractivity contribution in [3.8, 4) is 11.5 Å². The fourth-order valence-electron chi connectivity index (χ4n) is 2.32. The Morgan fingerprint density at radius 2 is 1.67 bits per heavy atom. The van der Waals surface area contributed by atoms with E-state index in [9.17, 15) is 4.79 Å². The second-order valence-corrected chi connectivity index (χ2v) is 6.37. The van der Waals surface area contributed by atoms with E-state index < -0.39 is 6.10 Å². The summed E-state index contributed by atoms with van der Waals surface area (Å²) in [7, 11) is 1.63. The summed E-state index contributed by atoms with van der Waals surface area (Å²) in [5.41, 5.74) is 1.04. The van der Waals surface area contributed by atoms with Crippen LogP contribution in [0, 0.1) is 0 Å². The largest absolute Gasteiger partial charge is 0.497 e. The summed E-state index contributed by atoms with van der Waals surface area (Å²) in [4.78, 5) is 12.4. The van der Waals surface area contributed by atoms with Gasteiger partial charge in [-0.2, -0.15) is 0 Å². The van der Waals surface area contributed by atoms with Crippen molar-refractivity contribution in [2.45, 2.75) is 32.4 Å². The smallest absolute Gasteiger partial charge is 0.261 e. The maximum atomic E-state index is 12.4. The second-order valence-electron chi connectivity index (χ2n) is 5.46. The number of rotatable bonds is 7. The van der Waals surface area contributed by atoms with E-state index in [0.717, 1.165) is 22.2 Å². The molecule has 0 spiro atoms. The fourth-order valence-corrected chi connectivity index (χ4v) is 2.58.